The minimum absolute atomic E-state index is 0.0229. The summed E-state index contributed by atoms with van der Waals surface area (Å²) in [6.07, 6.45) is 1.84. The van der Waals surface area contributed by atoms with Gasteiger partial charge in [-0.3, -0.25) is 0 Å². The molecule has 0 amide bonds. The van der Waals surface area contributed by atoms with E-state index in [4.69, 9.17) is 16.2 Å². The van der Waals surface area contributed by atoms with Crippen molar-refractivity contribution in [2.45, 2.75) is 18.9 Å². The second kappa shape index (κ2) is 5.62. The fourth-order valence-electron chi connectivity index (χ4n) is 1.47. The summed E-state index contributed by atoms with van der Waals surface area (Å²) in [6.45, 7) is 0.683. The van der Waals surface area contributed by atoms with E-state index in [1.54, 1.807) is 7.11 Å². The van der Waals surface area contributed by atoms with Gasteiger partial charge in [-0.05, 0) is 25.5 Å². The first-order chi connectivity index (χ1) is 6.79. The summed E-state index contributed by atoms with van der Waals surface area (Å²) in [7, 11) is 1.66. The lowest BCUT2D eigenvalue weighted by Gasteiger charge is -2.14. The van der Waals surface area contributed by atoms with Crippen LogP contribution in [-0.2, 0) is 0 Å². The SMILES string of the molecule is COc1ccccc1[C@H](N)CCCN. The van der Waals surface area contributed by atoms with Gasteiger partial charge in [-0.2, -0.15) is 0 Å². The van der Waals surface area contributed by atoms with Crippen LogP contribution in [0.3, 0.4) is 0 Å². The molecule has 0 spiro atoms. The maximum absolute atomic E-state index is 6.02. The van der Waals surface area contributed by atoms with Crippen molar-refractivity contribution in [2.24, 2.45) is 11.5 Å². The van der Waals surface area contributed by atoms with Crippen molar-refractivity contribution >= 4 is 0 Å². The van der Waals surface area contributed by atoms with Gasteiger partial charge in [0.25, 0.3) is 0 Å². The zero-order valence-corrected chi connectivity index (χ0v) is 8.57. The van der Waals surface area contributed by atoms with Gasteiger partial charge >= 0.3 is 0 Å². The molecule has 4 N–H and O–H groups in total. The maximum Gasteiger partial charge on any atom is 0.123 e. The van der Waals surface area contributed by atoms with Crippen LogP contribution >= 0.6 is 0 Å². The van der Waals surface area contributed by atoms with E-state index in [9.17, 15) is 0 Å². The Morgan fingerprint density at radius 2 is 2.07 bits per heavy atom. The third-order valence-corrected chi connectivity index (χ3v) is 2.26. The van der Waals surface area contributed by atoms with Gasteiger partial charge in [-0.1, -0.05) is 18.2 Å². The predicted molar refractivity (Wildman–Crippen MR) is 58.2 cm³/mol. The molecule has 1 aromatic carbocycles. The Labute approximate surface area is 85.0 Å². The van der Waals surface area contributed by atoms with Gasteiger partial charge in [0, 0.05) is 11.6 Å². The number of hydrogen-bond donors (Lipinski definition) is 2. The van der Waals surface area contributed by atoms with Crippen LogP contribution < -0.4 is 16.2 Å². The Balaban J connectivity index is 2.72. The Kier molecular flexibility index (Phi) is 4.43. The summed E-state index contributed by atoms with van der Waals surface area (Å²) in [5.74, 6) is 0.858. The van der Waals surface area contributed by atoms with Gasteiger partial charge in [0.2, 0.25) is 0 Å². The van der Waals surface area contributed by atoms with E-state index in [1.807, 2.05) is 24.3 Å². The van der Waals surface area contributed by atoms with Gasteiger partial charge in [0.05, 0.1) is 7.11 Å². The number of rotatable bonds is 5. The van der Waals surface area contributed by atoms with Crippen molar-refractivity contribution in [3.8, 4) is 5.75 Å². The Morgan fingerprint density at radius 3 is 2.71 bits per heavy atom. The first-order valence-corrected chi connectivity index (χ1v) is 4.88. The van der Waals surface area contributed by atoms with Crippen LogP contribution in [-0.4, -0.2) is 13.7 Å². The molecule has 0 aliphatic carbocycles. The van der Waals surface area contributed by atoms with E-state index in [-0.39, 0.29) is 6.04 Å². The first kappa shape index (κ1) is 11.0. The second-order valence-electron chi connectivity index (χ2n) is 3.28. The van der Waals surface area contributed by atoms with Gasteiger partial charge < -0.3 is 16.2 Å². The average molecular weight is 194 g/mol. The van der Waals surface area contributed by atoms with Crippen LogP contribution in [0.2, 0.25) is 0 Å². The normalized spacial score (nSPS) is 12.5. The number of benzene rings is 1. The van der Waals surface area contributed by atoms with E-state index in [0.717, 1.165) is 24.2 Å². The lowest BCUT2D eigenvalue weighted by molar-refractivity contribution is 0.403. The monoisotopic (exact) mass is 194 g/mol. The molecule has 1 rings (SSSR count). The minimum Gasteiger partial charge on any atom is -0.496 e. The van der Waals surface area contributed by atoms with Crippen molar-refractivity contribution in [1.29, 1.82) is 0 Å². The fourth-order valence-corrected chi connectivity index (χ4v) is 1.47. The molecule has 1 aromatic rings. The molecule has 78 valence electrons. The molecule has 0 radical (unpaired) electrons. The van der Waals surface area contributed by atoms with Crippen LogP contribution in [0.4, 0.5) is 0 Å². The molecule has 0 aliphatic rings. The van der Waals surface area contributed by atoms with E-state index >= 15 is 0 Å². The summed E-state index contributed by atoms with van der Waals surface area (Å²) in [5, 5.41) is 0. The van der Waals surface area contributed by atoms with Crippen molar-refractivity contribution in [3.05, 3.63) is 29.8 Å². The highest BCUT2D eigenvalue weighted by atomic mass is 16.5. The van der Waals surface area contributed by atoms with Gasteiger partial charge in [0.15, 0.2) is 0 Å². The summed E-state index contributed by atoms with van der Waals surface area (Å²) < 4.78 is 5.24. The predicted octanol–water partition coefficient (Wildman–Crippen LogP) is 1.43. The molecule has 0 unspecified atom stereocenters. The van der Waals surface area contributed by atoms with Crippen LogP contribution in [0.25, 0.3) is 0 Å². The van der Waals surface area contributed by atoms with Gasteiger partial charge in [-0.25, -0.2) is 0 Å². The molecule has 0 fully saturated rings. The van der Waals surface area contributed by atoms with Gasteiger partial charge in [0.1, 0.15) is 5.75 Å². The molecule has 0 heterocycles. The van der Waals surface area contributed by atoms with Crippen molar-refractivity contribution in [3.63, 3.8) is 0 Å². The summed E-state index contributed by atoms with van der Waals surface area (Å²) >= 11 is 0. The second-order valence-corrected chi connectivity index (χ2v) is 3.28. The molecule has 14 heavy (non-hydrogen) atoms. The largest absolute Gasteiger partial charge is 0.496 e. The Bertz CT molecular complexity index is 276. The third kappa shape index (κ3) is 2.72. The highest BCUT2D eigenvalue weighted by Crippen LogP contribution is 2.25. The van der Waals surface area contributed by atoms with E-state index in [2.05, 4.69) is 0 Å². The Morgan fingerprint density at radius 1 is 1.36 bits per heavy atom. The molecule has 0 aromatic heterocycles. The standard InChI is InChI=1S/C11H18N2O/c1-14-11-7-3-2-5-9(11)10(13)6-4-8-12/h2-3,5,7,10H,4,6,8,12-13H2,1H3/t10-/m1/s1. The van der Waals surface area contributed by atoms with Crippen molar-refractivity contribution < 1.29 is 4.74 Å². The highest BCUT2D eigenvalue weighted by molar-refractivity contribution is 5.35. The quantitative estimate of drug-likeness (QED) is 0.745. The Hall–Kier alpha value is -1.06. The highest BCUT2D eigenvalue weighted by Gasteiger charge is 2.09. The molecule has 0 saturated heterocycles. The smallest absolute Gasteiger partial charge is 0.123 e. The number of methoxy groups -OCH3 is 1. The fraction of sp³-hybridized carbons (Fsp3) is 0.455. The average Bonchev–Trinajstić information content (AvgIpc) is 2.25. The number of hydrogen-bond acceptors (Lipinski definition) is 3. The molecule has 3 heteroatoms. The molecule has 3 nitrogen and oxygen atoms in total. The number of ether oxygens (including phenoxy) is 1. The molecule has 1 atom stereocenters. The number of para-hydroxylation sites is 1. The molecule has 0 bridgehead atoms. The molecular weight excluding hydrogens is 176 g/mol. The summed E-state index contributed by atoms with van der Waals surface area (Å²) in [5.41, 5.74) is 12.5. The van der Waals surface area contributed by atoms with E-state index in [1.165, 1.54) is 0 Å². The maximum atomic E-state index is 6.02. The van der Waals surface area contributed by atoms with Crippen molar-refractivity contribution in [2.75, 3.05) is 13.7 Å². The summed E-state index contributed by atoms with van der Waals surface area (Å²) in [6, 6.07) is 7.87. The number of nitrogens with two attached hydrogens (primary N) is 2. The summed E-state index contributed by atoms with van der Waals surface area (Å²) in [4.78, 5) is 0. The zero-order valence-electron chi connectivity index (χ0n) is 8.57. The van der Waals surface area contributed by atoms with Crippen molar-refractivity contribution in [1.82, 2.24) is 0 Å². The van der Waals surface area contributed by atoms with E-state index < -0.39 is 0 Å². The van der Waals surface area contributed by atoms with Crippen LogP contribution in [0.15, 0.2) is 24.3 Å². The molecule has 0 aliphatic heterocycles. The lowest BCUT2D eigenvalue weighted by Crippen LogP contribution is -2.13. The van der Waals surface area contributed by atoms with Crippen LogP contribution in [0, 0.1) is 0 Å². The topological polar surface area (TPSA) is 61.3 Å². The van der Waals surface area contributed by atoms with Gasteiger partial charge in [-0.15, -0.1) is 0 Å². The zero-order chi connectivity index (χ0) is 10.4. The third-order valence-electron chi connectivity index (χ3n) is 2.26. The van der Waals surface area contributed by atoms with E-state index in [0.29, 0.717) is 6.54 Å². The lowest BCUT2D eigenvalue weighted by atomic mass is 10.0. The van der Waals surface area contributed by atoms with Crippen LogP contribution in [0.1, 0.15) is 24.4 Å². The molecular formula is C11H18N2O. The first-order valence-electron chi connectivity index (χ1n) is 4.88. The molecule has 0 saturated carbocycles. The van der Waals surface area contributed by atoms with Crippen LogP contribution in [0.5, 0.6) is 5.75 Å². The minimum atomic E-state index is 0.0229.